The number of carbonyl (C=O) groups excluding carboxylic acids is 2. The Bertz CT molecular complexity index is 890. The molecule has 0 radical (unpaired) electrons. The summed E-state index contributed by atoms with van der Waals surface area (Å²) in [5.41, 5.74) is 1.32. The summed E-state index contributed by atoms with van der Waals surface area (Å²) in [4.78, 5) is 36.2. The Kier molecular flexibility index (Phi) is 6.81. The molecule has 29 heavy (non-hydrogen) atoms. The topological polar surface area (TPSA) is 117 Å². The Balaban J connectivity index is 2.65. The SMILES string of the molecule is CCOC(=O)OC1=C(C)N(C)C(C)=C(OC(=O)OC)C1c1cccc([N+](=O)[O-])c1. The minimum Gasteiger partial charge on any atom is -0.437 e. The van der Waals surface area contributed by atoms with Gasteiger partial charge in [0.25, 0.3) is 5.69 Å². The molecule has 10 nitrogen and oxygen atoms in total. The first kappa shape index (κ1) is 21.7. The van der Waals surface area contributed by atoms with Crippen molar-refractivity contribution >= 4 is 18.0 Å². The number of allylic oxidation sites excluding steroid dienone is 2. The number of nitro groups is 1. The van der Waals surface area contributed by atoms with Crippen LogP contribution in [0.1, 0.15) is 32.3 Å². The Morgan fingerprint density at radius 3 is 2.24 bits per heavy atom. The average Bonchev–Trinajstić information content (AvgIpc) is 2.70. The third-order valence-corrected chi connectivity index (χ3v) is 4.47. The molecular formula is C19H22N2O8. The van der Waals surface area contributed by atoms with Crippen molar-refractivity contribution in [3.8, 4) is 0 Å². The minimum atomic E-state index is -0.974. The van der Waals surface area contributed by atoms with Crippen molar-refractivity contribution in [3.05, 3.63) is 62.9 Å². The number of hydrogen-bond donors (Lipinski definition) is 0. The molecule has 0 spiro atoms. The van der Waals surface area contributed by atoms with Crippen LogP contribution in [0.4, 0.5) is 15.3 Å². The molecule has 1 atom stereocenters. The van der Waals surface area contributed by atoms with Crippen molar-refractivity contribution in [1.82, 2.24) is 4.90 Å². The van der Waals surface area contributed by atoms with Crippen LogP contribution in [0.5, 0.6) is 0 Å². The predicted molar refractivity (Wildman–Crippen MR) is 101 cm³/mol. The molecule has 1 aliphatic rings. The summed E-state index contributed by atoms with van der Waals surface area (Å²) in [5.74, 6) is -0.671. The zero-order valence-corrected chi connectivity index (χ0v) is 16.8. The van der Waals surface area contributed by atoms with Crippen LogP contribution in [-0.2, 0) is 18.9 Å². The third-order valence-electron chi connectivity index (χ3n) is 4.47. The van der Waals surface area contributed by atoms with Gasteiger partial charge in [-0.3, -0.25) is 10.1 Å². The van der Waals surface area contributed by atoms with E-state index in [0.717, 1.165) is 7.11 Å². The van der Waals surface area contributed by atoms with E-state index in [9.17, 15) is 19.7 Å². The van der Waals surface area contributed by atoms with Gasteiger partial charge in [-0.15, -0.1) is 0 Å². The molecule has 0 saturated carbocycles. The van der Waals surface area contributed by atoms with E-state index in [4.69, 9.17) is 14.2 Å². The Morgan fingerprint density at radius 2 is 1.72 bits per heavy atom. The van der Waals surface area contributed by atoms with Gasteiger partial charge in [0.15, 0.2) is 0 Å². The standard InChI is InChI=1S/C19H22N2O8/c1-6-27-19(23)29-17-12(3)20(4)11(2)16(28-18(22)26-5)15(17)13-8-7-9-14(10-13)21(24)25/h7-10,15H,6H2,1-5H3. The Morgan fingerprint density at radius 1 is 1.14 bits per heavy atom. The largest absolute Gasteiger partial charge is 0.513 e. The van der Waals surface area contributed by atoms with Gasteiger partial charge in [-0.2, -0.15) is 0 Å². The zero-order chi connectivity index (χ0) is 21.7. The second kappa shape index (κ2) is 9.09. The lowest BCUT2D eigenvalue weighted by atomic mass is 9.89. The van der Waals surface area contributed by atoms with Crippen LogP contribution in [0.15, 0.2) is 47.2 Å². The second-order valence-electron chi connectivity index (χ2n) is 6.08. The van der Waals surface area contributed by atoms with Crippen molar-refractivity contribution < 1.29 is 33.5 Å². The molecule has 10 heteroatoms. The molecule has 0 bridgehead atoms. The van der Waals surface area contributed by atoms with Crippen molar-refractivity contribution in [2.75, 3.05) is 20.8 Å². The van der Waals surface area contributed by atoms with Crippen LogP contribution in [0.3, 0.4) is 0 Å². The highest BCUT2D eigenvalue weighted by Gasteiger charge is 2.38. The predicted octanol–water partition coefficient (Wildman–Crippen LogP) is 4.04. The van der Waals surface area contributed by atoms with Gasteiger partial charge in [-0.1, -0.05) is 12.1 Å². The van der Waals surface area contributed by atoms with Crippen molar-refractivity contribution in [2.24, 2.45) is 0 Å². The van der Waals surface area contributed by atoms with Gasteiger partial charge < -0.3 is 23.8 Å². The van der Waals surface area contributed by atoms with E-state index < -0.39 is 23.2 Å². The molecule has 1 aromatic rings. The summed E-state index contributed by atoms with van der Waals surface area (Å²) < 4.78 is 20.2. The molecule has 1 aliphatic heterocycles. The molecule has 1 heterocycles. The maximum Gasteiger partial charge on any atom is 0.513 e. The number of ether oxygens (including phenoxy) is 4. The van der Waals surface area contributed by atoms with Gasteiger partial charge in [0.2, 0.25) is 0 Å². The first-order chi connectivity index (χ1) is 13.7. The summed E-state index contributed by atoms with van der Waals surface area (Å²) in [6, 6.07) is 5.76. The lowest BCUT2D eigenvalue weighted by Gasteiger charge is -2.35. The molecule has 1 aromatic carbocycles. The number of benzene rings is 1. The molecule has 0 amide bonds. The summed E-state index contributed by atoms with van der Waals surface area (Å²) >= 11 is 0. The lowest BCUT2D eigenvalue weighted by Crippen LogP contribution is -2.30. The summed E-state index contributed by atoms with van der Waals surface area (Å²) in [5, 5.41) is 11.2. The fourth-order valence-electron chi connectivity index (χ4n) is 2.87. The van der Waals surface area contributed by atoms with E-state index in [1.165, 1.54) is 18.2 Å². The van der Waals surface area contributed by atoms with Crippen LogP contribution in [0.2, 0.25) is 0 Å². The van der Waals surface area contributed by atoms with Crippen LogP contribution in [-0.4, -0.2) is 42.9 Å². The van der Waals surface area contributed by atoms with Crippen molar-refractivity contribution in [3.63, 3.8) is 0 Å². The van der Waals surface area contributed by atoms with Gasteiger partial charge >= 0.3 is 12.3 Å². The van der Waals surface area contributed by atoms with Gasteiger partial charge in [0.05, 0.1) is 30.0 Å². The van der Waals surface area contributed by atoms with E-state index in [0.29, 0.717) is 17.0 Å². The first-order valence-corrected chi connectivity index (χ1v) is 8.71. The fourth-order valence-corrected chi connectivity index (χ4v) is 2.87. The zero-order valence-electron chi connectivity index (χ0n) is 16.8. The summed E-state index contributed by atoms with van der Waals surface area (Å²) in [6.45, 7) is 5.14. The van der Waals surface area contributed by atoms with E-state index >= 15 is 0 Å². The number of rotatable bonds is 5. The van der Waals surface area contributed by atoms with Gasteiger partial charge in [-0.25, -0.2) is 9.59 Å². The quantitative estimate of drug-likeness (QED) is 0.405. The highest BCUT2D eigenvalue weighted by atomic mass is 16.7. The van der Waals surface area contributed by atoms with Crippen LogP contribution in [0.25, 0.3) is 0 Å². The maximum absolute atomic E-state index is 12.0. The lowest BCUT2D eigenvalue weighted by molar-refractivity contribution is -0.384. The Labute approximate surface area is 167 Å². The normalized spacial score (nSPS) is 16.4. The molecule has 0 aliphatic carbocycles. The second-order valence-corrected chi connectivity index (χ2v) is 6.08. The highest BCUT2D eigenvalue weighted by Crippen LogP contribution is 2.43. The molecule has 0 saturated heterocycles. The number of methoxy groups -OCH3 is 1. The summed E-state index contributed by atoms with van der Waals surface area (Å²) in [6.07, 6.45) is -1.92. The number of carbonyl (C=O) groups is 2. The number of nitrogens with zero attached hydrogens (tertiary/aromatic N) is 2. The van der Waals surface area contributed by atoms with Gasteiger partial charge in [-0.05, 0) is 26.3 Å². The number of hydrogen-bond acceptors (Lipinski definition) is 9. The molecule has 1 unspecified atom stereocenters. The van der Waals surface area contributed by atoms with Crippen molar-refractivity contribution in [1.29, 1.82) is 0 Å². The van der Waals surface area contributed by atoms with E-state index in [1.807, 2.05) is 0 Å². The molecule has 156 valence electrons. The van der Waals surface area contributed by atoms with Crippen LogP contribution >= 0.6 is 0 Å². The highest BCUT2D eigenvalue weighted by molar-refractivity contribution is 5.65. The molecule has 0 aromatic heterocycles. The monoisotopic (exact) mass is 406 g/mol. The van der Waals surface area contributed by atoms with E-state index in [-0.39, 0.29) is 23.8 Å². The maximum atomic E-state index is 12.0. The Hall–Kier alpha value is -3.56. The number of nitro benzene ring substituents is 1. The smallest absolute Gasteiger partial charge is 0.437 e. The number of non-ortho nitro benzene ring substituents is 1. The van der Waals surface area contributed by atoms with Crippen molar-refractivity contribution in [2.45, 2.75) is 26.7 Å². The fraction of sp³-hybridized carbons (Fsp3) is 0.368. The molecule has 2 rings (SSSR count). The third kappa shape index (κ3) is 4.65. The van der Waals surface area contributed by atoms with Gasteiger partial charge in [0, 0.05) is 19.2 Å². The van der Waals surface area contributed by atoms with Crippen LogP contribution < -0.4 is 0 Å². The summed E-state index contributed by atoms with van der Waals surface area (Å²) in [7, 11) is 2.85. The van der Waals surface area contributed by atoms with Crippen LogP contribution in [0, 0.1) is 10.1 Å². The molecule has 0 fully saturated rings. The molecular weight excluding hydrogens is 384 g/mol. The average molecular weight is 406 g/mol. The van der Waals surface area contributed by atoms with Gasteiger partial charge in [0.1, 0.15) is 17.4 Å². The van der Waals surface area contributed by atoms with E-state index in [2.05, 4.69) is 4.74 Å². The first-order valence-electron chi connectivity index (χ1n) is 8.71. The minimum absolute atomic E-state index is 0.100. The van der Waals surface area contributed by atoms with E-state index in [1.54, 1.807) is 38.8 Å². The molecule has 0 N–H and O–H groups in total.